The minimum atomic E-state index is 0.0603. The van der Waals surface area contributed by atoms with E-state index in [9.17, 15) is 4.79 Å². The molecule has 0 saturated heterocycles. The van der Waals surface area contributed by atoms with Gasteiger partial charge in [0.15, 0.2) is 0 Å². The number of amides is 1. The molecule has 1 aliphatic heterocycles. The number of halogens is 2. The molecule has 1 fully saturated rings. The first-order valence-corrected chi connectivity index (χ1v) is 8.19. The normalized spacial score (nSPS) is 20.4. The van der Waals surface area contributed by atoms with Crippen molar-refractivity contribution in [3.63, 3.8) is 0 Å². The molecule has 2 nitrogen and oxygen atoms in total. The molecule has 0 aromatic heterocycles. The number of fused-ring (bicyclic) bond motifs is 1. The summed E-state index contributed by atoms with van der Waals surface area (Å²) in [5, 5.41) is 3.59. The number of alkyl halides is 1. The second-order valence-corrected chi connectivity index (χ2v) is 7.12. The zero-order valence-corrected chi connectivity index (χ0v) is 13.1. The Labute approximate surface area is 127 Å². The van der Waals surface area contributed by atoms with E-state index in [0.717, 1.165) is 34.2 Å². The Bertz CT molecular complexity index is 511. The Morgan fingerprint density at radius 3 is 2.84 bits per heavy atom. The highest BCUT2D eigenvalue weighted by atomic mass is 79.9. The van der Waals surface area contributed by atoms with Crippen molar-refractivity contribution in [3.8, 4) is 0 Å². The summed E-state index contributed by atoms with van der Waals surface area (Å²) in [4.78, 5) is 11.7. The van der Waals surface area contributed by atoms with Crippen LogP contribution in [-0.2, 0) is 11.2 Å². The molecule has 1 unspecified atom stereocenters. The summed E-state index contributed by atoms with van der Waals surface area (Å²) in [7, 11) is 0. The van der Waals surface area contributed by atoms with Gasteiger partial charge in [-0.25, -0.2) is 0 Å². The van der Waals surface area contributed by atoms with Crippen molar-refractivity contribution in [1.29, 1.82) is 0 Å². The Kier molecular flexibility index (Phi) is 3.86. The summed E-state index contributed by atoms with van der Waals surface area (Å²) in [6.07, 6.45) is 7.01. The van der Waals surface area contributed by atoms with E-state index in [0.29, 0.717) is 11.2 Å². The first kappa shape index (κ1) is 13.4. The van der Waals surface area contributed by atoms with Crippen LogP contribution in [0.5, 0.6) is 0 Å². The largest absolute Gasteiger partial charge is 0.325 e. The quantitative estimate of drug-likeness (QED) is 0.782. The van der Waals surface area contributed by atoms with Crippen LogP contribution < -0.4 is 5.32 Å². The first-order chi connectivity index (χ1) is 9.13. The zero-order chi connectivity index (χ0) is 13.4. The van der Waals surface area contributed by atoms with E-state index in [1.165, 1.54) is 25.7 Å². The minimum Gasteiger partial charge on any atom is -0.325 e. The molecule has 1 atom stereocenters. The van der Waals surface area contributed by atoms with Crippen LogP contribution in [-0.4, -0.2) is 5.91 Å². The number of nitrogens with one attached hydrogen (secondary N) is 1. The third kappa shape index (κ3) is 2.82. The Morgan fingerprint density at radius 2 is 2.11 bits per heavy atom. The summed E-state index contributed by atoms with van der Waals surface area (Å²) < 4.78 is 0. The third-order valence-corrected chi connectivity index (χ3v) is 5.39. The number of carbonyl (C=O) groups is 1. The standard InChI is InChI=1S/C15H17BrClNO/c16-12(5-9-3-1-2-4-9)11-6-10-7-15(19)18-14(10)8-13(11)17/h6,8-9,12H,1-5,7H2,(H,18,19). The fraction of sp³-hybridized carbons (Fsp3) is 0.533. The molecule has 102 valence electrons. The van der Waals surface area contributed by atoms with E-state index in [2.05, 4.69) is 27.3 Å². The lowest BCUT2D eigenvalue weighted by molar-refractivity contribution is -0.115. The number of benzene rings is 1. The van der Waals surface area contributed by atoms with Crippen LogP contribution in [0.4, 0.5) is 5.69 Å². The van der Waals surface area contributed by atoms with Crippen molar-refractivity contribution in [2.24, 2.45) is 5.92 Å². The molecule has 0 radical (unpaired) electrons. The molecule has 1 amide bonds. The maximum Gasteiger partial charge on any atom is 0.228 e. The predicted octanol–water partition coefficient (Wildman–Crippen LogP) is 4.85. The fourth-order valence-electron chi connectivity index (χ4n) is 3.17. The highest BCUT2D eigenvalue weighted by Gasteiger charge is 2.24. The number of hydrogen-bond donors (Lipinski definition) is 1. The molecule has 1 aromatic carbocycles. The van der Waals surface area contributed by atoms with Gasteiger partial charge < -0.3 is 5.32 Å². The highest BCUT2D eigenvalue weighted by Crippen LogP contribution is 2.41. The van der Waals surface area contributed by atoms with E-state index in [-0.39, 0.29) is 5.91 Å². The van der Waals surface area contributed by atoms with E-state index in [1.807, 2.05) is 6.07 Å². The zero-order valence-electron chi connectivity index (χ0n) is 10.7. The van der Waals surface area contributed by atoms with E-state index >= 15 is 0 Å². The van der Waals surface area contributed by atoms with Crippen molar-refractivity contribution < 1.29 is 4.79 Å². The Hall–Kier alpha value is -0.540. The molecule has 1 aromatic rings. The summed E-state index contributed by atoms with van der Waals surface area (Å²) in [6.45, 7) is 0. The monoisotopic (exact) mass is 341 g/mol. The van der Waals surface area contributed by atoms with Gasteiger partial charge in [-0.05, 0) is 29.5 Å². The maximum absolute atomic E-state index is 11.4. The van der Waals surface area contributed by atoms with Gasteiger partial charge in [0.2, 0.25) is 5.91 Å². The van der Waals surface area contributed by atoms with E-state index in [1.54, 1.807) is 0 Å². The van der Waals surface area contributed by atoms with Crippen LogP contribution in [0, 0.1) is 5.92 Å². The van der Waals surface area contributed by atoms with E-state index in [4.69, 9.17) is 11.6 Å². The second kappa shape index (κ2) is 5.45. The van der Waals surface area contributed by atoms with Gasteiger partial charge in [0, 0.05) is 15.5 Å². The van der Waals surface area contributed by atoms with Crippen molar-refractivity contribution in [3.05, 3.63) is 28.3 Å². The third-order valence-electron chi connectivity index (χ3n) is 4.20. The number of carbonyl (C=O) groups excluding carboxylic acids is 1. The average Bonchev–Trinajstić information content (AvgIpc) is 2.96. The molecule has 1 heterocycles. The Morgan fingerprint density at radius 1 is 1.37 bits per heavy atom. The van der Waals surface area contributed by atoms with Crippen LogP contribution >= 0.6 is 27.5 Å². The molecule has 1 saturated carbocycles. The Balaban J connectivity index is 1.80. The second-order valence-electron chi connectivity index (χ2n) is 5.61. The van der Waals surface area contributed by atoms with Crippen molar-refractivity contribution in [2.75, 3.05) is 5.32 Å². The van der Waals surface area contributed by atoms with Gasteiger partial charge in [0.25, 0.3) is 0 Å². The van der Waals surface area contributed by atoms with Crippen LogP contribution in [0.25, 0.3) is 0 Å². The smallest absolute Gasteiger partial charge is 0.228 e. The number of hydrogen-bond acceptors (Lipinski definition) is 1. The summed E-state index contributed by atoms with van der Waals surface area (Å²) in [6, 6.07) is 3.98. The van der Waals surface area contributed by atoms with Crippen molar-refractivity contribution >= 4 is 39.1 Å². The molecular weight excluding hydrogens is 326 g/mol. The van der Waals surface area contributed by atoms with Gasteiger partial charge in [-0.15, -0.1) is 0 Å². The van der Waals surface area contributed by atoms with E-state index < -0.39 is 0 Å². The molecular formula is C15H17BrClNO. The fourth-order valence-corrected chi connectivity index (χ4v) is 4.51. The molecule has 4 heteroatoms. The van der Waals surface area contributed by atoms with Gasteiger partial charge >= 0.3 is 0 Å². The molecule has 1 aliphatic carbocycles. The van der Waals surface area contributed by atoms with Crippen LogP contribution in [0.15, 0.2) is 12.1 Å². The van der Waals surface area contributed by atoms with Gasteiger partial charge in [-0.1, -0.05) is 59.3 Å². The number of anilines is 1. The minimum absolute atomic E-state index is 0.0603. The maximum atomic E-state index is 11.4. The molecule has 0 bridgehead atoms. The van der Waals surface area contributed by atoms with Crippen LogP contribution in [0.3, 0.4) is 0 Å². The van der Waals surface area contributed by atoms with Gasteiger partial charge in [-0.3, -0.25) is 4.79 Å². The SMILES string of the molecule is O=C1Cc2cc(C(Br)CC3CCCC3)c(Cl)cc2N1. The molecule has 19 heavy (non-hydrogen) atoms. The van der Waals surface area contributed by atoms with Crippen LogP contribution in [0.1, 0.15) is 48.1 Å². The average molecular weight is 343 g/mol. The van der Waals surface area contributed by atoms with Crippen LogP contribution in [0.2, 0.25) is 5.02 Å². The lowest BCUT2D eigenvalue weighted by Crippen LogP contribution is -2.03. The van der Waals surface area contributed by atoms with Gasteiger partial charge in [-0.2, -0.15) is 0 Å². The summed E-state index contributed by atoms with van der Waals surface area (Å²) >= 11 is 10.1. The topological polar surface area (TPSA) is 29.1 Å². The highest BCUT2D eigenvalue weighted by molar-refractivity contribution is 9.09. The molecule has 3 rings (SSSR count). The summed E-state index contributed by atoms with van der Waals surface area (Å²) in [5.41, 5.74) is 3.07. The van der Waals surface area contributed by atoms with Crippen molar-refractivity contribution in [1.82, 2.24) is 0 Å². The van der Waals surface area contributed by atoms with Crippen molar-refractivity contribution in [2.45, 2.75) is 43.4 Å². The first-order valence-electron chi connectivity index (χ1n) is 6.89. The molecule has 2 aliphatic rings. The molecule has 0 spiro atoms. The van der Waals surface area contributed by atoms with Gasteiger partial charge in [0.05, 0.1) is 6.42 Å². The number of rotatable bonds is 3. The van der Waals surface area contributed by atoms with Gasteiger partial charge in [0.1, 0.15) is 0 Å². The lowest BCUT2D eigenvalue weighted by atomic mass is 9.96. The molecule has 1 N–H and O–H groups in total. The lowest BCUT2D eigenvalue weighted by Gasteiger charge is -2.17. The predicted molar refractivity (Wildman–Crippen MR) is 82.0 cm³/mol. The summed E-state index contributed by atoms with van der Waals surface area (Å²) in [5.74, 6) is 0.874.